The molecule has 0 spiro atoms. The molecule has 0 radical (unpaired) electrons. The van der Waals surface area contributed by atoms with E-state index in [1.54, 1.807) is 24.4 Å². The lowest BCUT2D eigenvalue weighted by molar-refractivity contribution is -0.384. The Morgan fingerprint density at radius 1 is 1.00 bits per heavy atom. The highest BCUT2D eigenvalue weighted by atomic mass is 16.6. The number of piperidine rings is 1. The van der Waals surface area contributed by atoms with Crippen LogP contribution in [0.1, 0.15) is 42.1 Å². The molecule has 1 aromatic heterocycles. The highest BCUT2D eigenvalue weighted by Crippen LogP contribution is 2.29. The van der Waals surface area contributed by atoms with Crippen LogP contribution in [0.15, 0.2) is 47.6 Å². The Morgan fingerprint density at radius 2 is 1.69 bits per heavy atom. The first-order chi connectivity index (χ1) is 20.5. The van der Waals surface area contributed by atoms with Crippen molar-refractivity contribution in [2.75, 3.05) is 61.2 Å². The number of nitrogens with one attached hydrogen (secondary N) is 1. The number of morpholine rings is 1. The third kappa shape index (κ3) is 7.26. The lowest BCUT2D eigenvalue weighted by Gasteiger charge is -2.30. The molecule has 3 heterocycles. The summed E-state index contributed by atoms with van der Waals surface area (Å²) in [5.41, 5.74) is 3.67. The highest BCUT2D eigenvalue weighted by Gasteiger charge is 2.21. The fourth-order valence-electron chi connectivity index (χ4n) is 4.54. The number of hydrogen-bond acceptors (Lipinski definition) is 13. The van der Waals surface area contributed by atoms with Gasteiger partial charge in [0.25, 0.3) is 5.69 Å². The van der Waals surface area contributed by atoms with Gasteiger partial charge in [0.15, 0.2) is 11.5 Å². The topological polar surface area (TPSA) is 157 Å². The summed E-state index contributed by atoms with van der Waals surface area (Å²) >= 11 is 0. The zero-order valence-electron chi connectivity index (χ0n) is 23.3. The van der Waals surface area contributed by atoms with Gasteiger partial charge >= 0.3 is 5.97 Å². The van der Waals surface area contributed by atoms with Crippen LogP contribution in [-0.2, 0) is 4.74 Å². The van der Waals surface area contributed by atoms with Crippen LogP contribution in [0.3, 0.4) is 0 Å². The summed E-state index contributed by atoms with van der Waals surface area (Å²) in [4.78, 5) is 41.2. The number of carbonyl (C=O) groups excluding carboxylic acids is 1. The summed E-state index contributed by atoms with van der Waals surface area (Å²) in [7, 11) is 0. The largest absolute Gasteiger partial charge is 0.490 e. The standard InChI is InChI=1S/C28H32N8O6/c1-2-41-24-18-20(6-11-23(24)42-25(37)21-7-9-22(10-8-21)36(38)39)19-29-33-26-30-27(34-12-4-3-5-13-34)32-28(31-26)35-14-16-40-17-15-35/h6-11,18-19H,2-5,12-17H2,1H3,(H,30,31,32,33)/b29-19-. The van der Waals surface area contributed by atoms with Crippen molar-refractivity contribution in [3.8, 4) is 11.5 Å². The van der Waals surface area contributed by atoms with Crippen LogP contribution in [0, 0.1) is 10.1 Å². The third-order valence-electron chi connectivity index (χ3n) is 6.71. The number of carbonyl (C=O) groups is 1. The Morgan fingerprint density at radius 3 is 2.36 bits per heavy atom. The number of rotatable bonds is 10. The quantitative estimate of drug-likeness (QED) is 0.123. The second-order valence-electron chi connectivity index (χ2n) is 9.61. The van der Waals surface area contributed by atoms with Gasteiger partial charge in [-0.15, -0.1) is 0 Å². The van der Waals surface area contributed by atoms with Crippen LogP contribution in [0.25, 0.3) is 0 Å². The monoisotopic (exact) mass is 576 g/mol. The minimum Gasteiger partial charge on any atom is -0.490 e. The molecule has 0 unspecified atom stereocenters. The Balaban J connectivity index is 1.30. The number of benzene rings is 2. The van der Waals surface area contributed by atoms with Gasteiger partial charge in [0.1, 0.15) is 0 Å². The molecule has 2 aromatic carbocycles. The van der Waals surface area contributed by atoms with Crippen molar-refractivity contribution in [1.82, 2.24) is 15.0 Å². The van der Waals surface area contributed by atoms with Gasteiger partial charge in [-0.3, -0.25) is 10.1 Å². The molecule has 0 atom stereocenters. The predicted octanol–water partition coefficient (Wildman–Crippen LogP) is 3.67. The van der Waals surface area contributed by atoms with E-state index in [0.717, 1.165) is 25.9 Å². The lowest BCUT2D eigenvalue weighted by atomic mass is 10.1. The van der Waals surface area contributed by atoms with Gasteiger partial charge < -0.3 is 24.0 Å². The Labute approximate surface area is 242 Å². The molecule has 2 aliphatic heterocycles. The number of hydrazone groups is 1. The molecule has 2 fully saturated rings. The van der Waals surface area contributed by atoms with Gasteiger partial charge in [0.05, 0.1) is 36.5 Å². The van der Waals surface area contributed by atoms with Gasteiger partial charge in [-0.1, -0.05) is 0 Å². The second kappa shape index (κ2) is 13.7. The molecule has 14 heteroatoms. The minimum atomic E-state index is -0.663. The SMILES string of the molecule is CCOc1cc(/C=N\Nc2nc(N3CCCCC3)nc(N3CCOCC3)n2)ccc1OC(=O)c1ccc([N+](=O)[O-])cc1. The van der Waals surface area contributed by atoms with Gasteiger partial charge in [0, 0.05) is 38.3 Å². The third-order valence-corrected chi connectivity index (χ3v) is 6.71. The number of nitrogens with zero attached hydrogens (tertiary/aromatic N) is 7. The summed E-state index contributed by atoms with van der Waals surface area (Å²) in [5, 5.41) is 15.2. The van der Waals surface area contributed by atoms with Crippen LogP contribution >= 0.6 is 0 Å². The molecular weight excluding hydrogens is 544 g/mol. The number of nitro benzene ring substituents is 1. The van der Waals surface area contributed by atoms with Gasteiger partial charge in [0.2, 0.25) is 17.8 Å². The van der Waals surface area contributed by atoms with Gasteiger partial charge in [-0.25, -0.2) is 10.2 Å². The summed E-state index contributed by atoms with van der Waals surface area (Å²) in [5.74, 6) is 1.44. The first kappa shape index (κ1) is 28.7. The van der Waals surface area contributed by atoms with E-state index in [4.69, 9.17) is 19.2 Å². The number of nitro groups is 1. The maximum absolute atomic E-state index is 12.6. The lowest BCUT2D eigenvalue weighted by Crippen LogP contribution is -2.38. The normalized spacial score (nSPS) is 15.5. The van der Waals surface area contributed by atoms with Crippen molar-refractivity contribution in [3.63, 3.8) is 0 Å². The summed E-state index contributed by atoms with van der Waals surface area (Å²) in [6.07, 6.45) is 4.98. The molecule has 2 aliphatic rings. The van der Waals surface area contributed by atoms with Gasteiger partial charge in [-0.2, -0.15) is 20.1 Å². The molecule has 220 valence electrons. The van der Waals surface area contributed by atoms with E-state index in [1.165, 1.54) is 30.7 Å². The van der Waals surface area contributed by atoms with Crippen LogP contribution in [0.2, 0.25) is 0 Å². The maximum Gasteiger partial charge on any atom is 0.343 e. The number of ether oxygens (including phenoxy) is 3. The van der Waals surface area contributed by atoms with Crippen molar-refractivity contribution in [1.29, 1.82) is 0 Å². The van der Waals surface area contributed by atoms with E-state index < -0.39 is 10.9 Å². The first-order valence-corrected chi connectivity index (χ1v) is 13.9. The molecule has 1 N–H and O–H groups in total. The van der Waals surface area contributed by atoms with Crippen molar-refractivity contribution in [3.05, 3.63) is 63.7 Å². The summed E-state index contributed by atoms with van der Waals surface area (Å²) in [6.45, 7) is 6.60. The summed E-state index contributed by atoms with van der Waals surface area (Å²) < 4.78 is 16.7. The second-order valence-corrected chi connectivity index (χ2v) is 9.61. The first-order valence-electron chi connectivity index (χ1n) is 13.9. The number of hydrogen-bond donors (Lipinski definition) is 1. The average Bonchev–Trinajstić information content (AvgIpc) is 3.03. The average molecular weight is 577 g/mol. The molecule has 3 aromatic rings. The molecule has 0 bridgehead atoms. The van der Waals surface area contributed by atoms with Crippen molar-refractivity contribution < 1.29 is 23.9 Å². The Hall–Kier alpha value is -4.85. The van der Waals surface area contributed by atoms with E-state index in [0.29, 0.717) is 62.1 Å². The molecule has 0 saturated carbocycles. The molecule has 5 rings (SSSR count). The van der Waals surface area contributed by atoms with Crippen LogP contribution in [0.4, 0.5) is 23.5 Å². The molecule has 0 amide bonds. The smallest absolute Gasteiger partial charge is 0.343 e. The Bertz CT molecular complexity index is 1390. The Kier molecular flexibility index (Phi) is 9.33. The molecule has 2 saturated heterocycles. The van der Waals surface area contributed by atoms with Crippen LogP contribution in [0.5, 0.6) is 11.5 Å². The van der Waals surface area contributed by atoms with Crippen LogP contribution in [-0.4, -0.2) is 78.1 Å². The molecule has 0 aliphatic carbocycles. The fourth-order valence-corrected chi connectivity index (χ4v) is 4.54. The van der Waals surface area contributed by atoms with E-state index >= 15 is 0 Å². The molecule has 14 nitrogen and oxygen atoms in total. The number of non-ortho nitro benzene ring substituents is 1. The van der Waals surface area contributed by atoms with Crippen molar-refractivity contribution in [2.45, 2.75) is 26.2 Å². The zero-order valence-corrected chi connectivity index (χ0v) is 23.3. The zero-order chi connectivity index (χ0) is 29.3. The number of aromatic nitrogens is 3. The fraction of sp³-hybridized carbons (Fsp3) is 0.393. The van der Waals surface area contributed by atoms with Crippen molar-refractivity contribution >= 4 is 35.7 Å². The maximum atomic E-state index is 12.6. The molecular formula is C28H32N8O6. The van der Waals surface area contributed by atoms with E-state index in [-0.39, 0.29) is 17.0 Å². The van der Waals surface area contributed by atoms with E-state index in [9.17, 15) is 14.9 Å². The summed E-state index contributed by atoms with van der Waals surface area (Å²) in [6, 6.07) is 10.2. The van der Waals surface area contributed by atoms with E-state index in [2.05, 4.69) is 30.3 Å². The van der Waals surface area contributed by atoms with E-state index in [1.807, 2.05) is 6.92 Å². The minimum absolute atomic E-state index is 0.115. The number of anilines is 3. The number of esters is 1. The van der Waals surface area contributed by atoms with Crippen LogP contribution < -0.4 is 24.7 Å². The molecule has 42 heavy (non-hydrogen) atoms. The highest BCUT2D eigenvalue weighted by molar-refractivity contribution is 5.92. The van der Waals surface area contributed by atoms with Crippen molar-refractivity contribution in [2.24, 2.45) is 5.10 Å². The van der Waals surface area contributed by atoms with Gasteiger partial charge in [-0.05, 0) is 62.1 Å². The predicted molar refractivity (Wildman–Crippen MR) is 156 cm³/mol.